The van der Waals surface area contributed by atoms with Crippen LogP contribution in [0.15, 0.2) is 0 Å². The largest absolute Gasteiger partial charge is 0.377 e. The molecular weight excluding hydrogens is 295 g/mol. The third-order valence-electron chi connectivity index (χ3n) is 4.18. The van der Waals surface area contributed by atoms with E-state index in [0.717, 1.165) is 19.3 Å². The second-order valence-corrected chi connectivity index (χ2v) is 10.8. The van der Waals surface area contributed by atoms with Gasteiger partial charge in [-0.25, -0.2) is 0 Å². The molecule has 3 rings (SSSR count). The molecule has 0 amide bonds. The summed E-state index contributed by atoms with van der Waals surface area (Å²) in [6, 6.07) is 0. The van der Waals surface area contributed by atoms with Crippen LogP contribution in [0.1, 0.15) is 43.6 Å². The molecule has 0 aliphatic carbocycles. The van der Waals surface area contributed by atoms with Gasteiger partial charge in [0.2, 0.25) is 0 Å². The zero-order valence-electron chi connectivity index (χ0n) is 14.8. The van der Waals surface area contributed by atoms with Crippen molar-refractivity contribution in [2.24, 2.45) is 5.92 Å². The summed E-state index contributed by atoms with van der Waals surface area (Å²) in [6.45, 7) is -1.91. The zero-order chi connectivity index (χ0) is 16.6. The van der Waals surface area contributed by atoms with Crippen LogP contribution in [-0.4, -0.2) is 42.9 Å². The van der Waals surface area contributed by atoms with E-state index in [1.165, 1.54) is 11.4 Å². The van der Waals surface area contributed by atoms with Crippen LogP contribution >= 0.6 is 18.0 Å². The second kappa shape index (κ2) is 6.29. The molecule has 0 unspecified atom stereocenters. The van der Waals surface area contributed by atoms with Gasteiger partial charge in [0.05, 0.1) is 21.1 Å². The Balaban J connectivity index is 1.64. The van der Waals surface area contributed by atoms with Crippen molar-refractivity contribution in [3.63, 3.8) is 0 Å². The van der Waals surface area contributed by atoms with Crippen molar-refractivity contribution in [2.75, 3.05) is 19.3 Å². The van der Waals surface area contributed by atoms with Crippen molar-refractivity contribution in [2.45, 2.75) is 63.1 Å². The fraction of sp³-hybridized carbons (Fsp3) is 1.00. The highest BCUT2D eigenvalue weighted by Gasteiger charge is 2.43. The van der Waals surface area contributed by atoms with Gasteiger partial charge < -0.3 is 14.0 Å². The Kier molecular flexibility index (Phi) is 3.76. The predicted octanol–water partition coefficient (Wildman–Crippen LogP) is 3.69. The highest BCUT2D eigenvalue weighted by Crippen LogP contribution is 2.67. The van der Waals surface area contributed by atoms with Gasteiger partial charge in [0.15, 0.2) is 0 Å². The standard InChI is InChI=1S/C14H25O4PS/c1-10-5-7-17-14(10)13-4-3-9-19(15,20-13)18-12-6-8-16-11(12)2/h10-14H,3-9H2,1-2H3/t10-,11+,12-,13+,14-,19+/m0/s1/i2D,7T,8T/t7-,8-,10-,11+,12-,13+,14-,19+. The summed E-state index contributed by atoms with van der Waals surface area (Å²) >= 11 is 1.38. The molecule has 8 atom stereocenters. The third-order valence-corrected chi connectivity index (χ3v) is 9.31. The lowest BCUT2D eigenvalue weighted by Gasteiger charge is -2.34. The van der Waals surface area contributed by atoms with E-state index in [0.29, 0.717) is 18.5 Å². The highest BCUT2D eigenvalue weighted by atomic mass is 32.7. The summed E-state index contributed by atoms with van der Waals surface area (Å²) in [4.78, 5) is 0. The molecule has 3 fully saturated rings. The quantitative estimate of drug-likeness (QED) is 0.740. The maximum atomic E-state index is 13.2. The van der Waals surface area contributed by atoms with Gasteiger partial charge in [-0.1, -0.05) is 18.3 Å². The van der Waals surface area contributed by atoms with Gasteiger partial charge in [0, 0.05) is 25.9 Å². The molecule has 3 heterocycles. The van der Waals surface area contributed by atoms with Gasteiger partial charge in [0.25, 0.3) is 6.57 Å². The van der Waals surface area contributed by atoms with Crippen molar-refractivity contribution < 1.29 is 22.7 Å². The van der Waals surface area contributed by atoms with Crippen molar-refractivity contribution in [3.8, 4) is 0 Å². The van der Waals surface area contributed by atoms with E-state index in [4.69, 9.17) is 18.1 Å². The van der Waals surface area contributed by atoms with E-state index in [1.54, 1.807) is 0 Å². The first kappa shape index (κ1) is 12.0. The lowest BCUT2D eigenvalue weighted by Crippen LogP contribution is -2.30. The minimum atomic E-state index is -2.87. The number of hydrogen-bond acceptors (Lipinski definition) is 5. The molecule has 0 bridgehead atoms. The van der Waals surface area contributed by atoms with E-state index in [-0.39, 0.29) is 18.3 Å². The van der Waals surface area contributed by atoms with Crippen LogP contribution in [0.2, 0.25) is 0 Å². The molecule has 3 saturated heterocycles. The Bertz CT molecular complexity index is 471. The van der Waals surface area contributed by atoms with Gasteiger partial charge >= 0.3 is 0 Å². The molecular formula is C14H25O4PS. The Labute approximate surface area is 129 Å². The van der Waals surface area contributed by atoms with Crippen LogP contribution < -0.4 is 0 Å². The summed E-state index contributed by atoms with van der Waals surface area (Å²) in [7, 11) is 0. The average Bonchev–Trinajstić information content (AvgIpc) is 3.00. The first-order valence-electron chi connectivity index (χ1n) is 9.17. The highest BCUT2D eigenvalue weighted by molar-refractivity contribution is 8.57. The number of hydrogen-bond donors (Lipinski definition) is 0. The van der Waals surface area contributed by atoms with E-state index >= 15 is 0 Å². The van der Waals surface area contributed by atoms with Gasteiger partial charge in [-0.15, -0.1) is 0 Å². The van der Waals surface area contributed by atoms with E-state index in [1.807, 2.05) is 0 Å². The van der Waals surface area contributed by atoms with Crippen LogP contribution in [0.25, 0.3) is 0 Å². The smallest absolute Gasteiger partial charge is 0.258 e. The minimum absolute atomic E-state index is 0.0252. The molecule has 0 radical (unpaired) electrons. The molecule has 0 spiro atoms. The molecule has 0 aromatic heterocycles. The first-order valence-corrected chi connectivity index (χ1v) is 10.6. The van der Waals surface area contributed by atoms with Crippen LogP contribution in [0.5, 0.6) is 0 Å². The first-order chi connectivity index (χ1) is 10.9. The molecule has 20 heavy (non-hydrogen) atoms. The topological polar surface area (TPSA) is 44.8 Å². The molecule has 0 saturated carbocycles. The normalized spacial score (nSPS) is 59.0. The Morgan fingerprint density at radius 1 is 1.40 bits per heavy atom. The van der Waals surface area contributed by atoms with Crippen molar-refractivity contribution in [1.82, 2.24) is 0 Å². The molecule has 116 valence electrons. The lowest BCUT2D eigenvalue weighted by atomic mass is 9.99. The predicted molar refractivity (Wildman–Crippen MR) is 81.5 cm³/mol. The molecule has 3 aliphatic heterocycles. The van der Waals surface area contributed by atoms with E-state index in [9.17, 15) is 4.57 Å². The Morgan fingerprint density at radius 2 is 2.25 bits per heavy atom. The second-order valence-electron chi connectivity index (χ2n) is 5.82. The maximum absolute atomic E-state index is 13.2. The van der Waals surface area contributed by atoms with Crippen molar-refractivity contribution in [1.29, 1.82) is 0 Å². The fourth-order valence-electron chi connectivity index (χ4n) is 2.97. The molecule has 0 aromatic rings. The van der Waals surface area contributed by atoms with Gasteiger partial charge in [-0.3, -0.25) is 4.57 Å². The zero-order valence-corrected chi connectivity index (χ0v) is 13.5. The van der Waals surface area contributed by atoms with E-state index < -0.39 is 31.9 Å². The maximum Gasteiger partial charge on any atom is 0.258 e. The Hall–Kier alpha value is 0.460. The van der Waals surface area contributed by atoms with Gasteiger partial charge in [-0.05, 0) is 38.5 Å². The fourth-order valence-corrected chi connectivity index (χ4v) is 8.67. The molecule has 0 N–H and O–H groups in total. The van der Waals surface area contributed by atoms with E-state index in [2.05, 4.69) is 6.92 Å². The summed E-state index contributed by atoms with van der Waals surface area (Å²) in [5, 5.41) is 0.100. The SMILES string of the molecule is [2H]C[C@H]1O[C@@H]([3H])C[C@@H]1O[P@]1(=O)CCC[C@H]([C@H]2O[C@@H]([3H])C[C@@H]2C)S1. The molecule has 4 nitrogen and oxygen atoms in total. The summed E-state index contributed by atoms with van der Waals surface area (Å²) in [5.41, 5.74) is 0. The summed E-state index contributed by atoms with van der Waals surface area (Å²) in [5.74, 6) is 0.301. The van der Waals surface area contributed by atoms with Crippen molar-refractivity contribution in [3.05, 3.63) is 0 Å². The molecule has 3 aliphatic rings. The number of ether oxygens (including phenoxy) is 2. The lowest BCUT2D eigenvalue weighted by molar-refractivity contribution is 0.0694. The van der Waals surface area contributed by atoms with Crippen LogP contribution in [0, 0.1) is 5.92 Å². The Morgan fingerprint density at radius 3 is 3.00 bits per heavy atom. The van der Waals surface area contributed by atoms with Crippen LogP contribution in [0.4, 0.5) is 0 Å². The summed E-state index contributed by atoms with van der Waals surface area (Å²) < 4.78 is 53.1. The van der Waals surface area contributed by atoms with Crippen LogP contribution in [0.3, 0.4) is 0 Å². The molecule has 6 heteroatoms. The minimum Gasteiger partial charge on any atom is -0.377 e. The van der Waals surface area contributed by atoms with Crippen LogP contribution in [-0.2, 0) is 18.6 Å². The van der Waals surface area contributed by atoms with Crippen molar-refractivity contribution >= 4 is 18.0 Å². The summed E-state index contributed by atoms with van der Waals surface area (Å²) in [6.07, 6.45) is 2.49. The van der Waals surface area contributed by atoms with Gasteiger partial charge in [-0.2, -0.15) is 0 Å². The number of rotatable bonds is 3. The molecule has 0 aromatic carbocycles. The third kappa shape index (κ3) is 3.27. The average molecular weight is 325 g/mol. The monoisotopic (exact) mass is 325 g/mol. The van der Waals surface area contributed by atoms with Gasteiger partial charge in [0.1, 0.15) is 0 Å².